The first kappa shape index (κ1) is 53.5. The van der Waals surface area contributed by atoms with E-state index in [0.29, 0.717) is 22.6 Å². The number of hydrogen-bond donors (Lipinski definition) is 4. The number of hydrogen-bond acceptors (Lipinski definition) is 17. The van der Waals surface area contributed by atoms with Gasteiger partial charge in [-0.25, -0.2) is 41.6 Å². The summed E-state index contributed by atoms with van der Waals surface area (Å²) in [5, 5.41) is 8.90. The van der Waals surface area contributed by atoms with Crippen LogP contribution in [0.3, 0.4) is 0 Å². The van der Waals surface area contributed by atoms with Crippen molar-refractivity contribution >= 4 is 63.5 Å². The lowest BCUT2D eigenvalue weighted by Crippen LogP contribution is -2.12. The summed E-state index contributed by atoms with van der Waals surface area (Å²) in [6, 6.07) is 26.9. The average molecular weight is 994 g/mol. The molecule has 7 N–H and O–H groups in total. The largest absolute Gasteiger partial charge is 0.476 e. The van der Waals surface area contributed by atoms with Crippen molar-refractivity contribution in [3.63, 3.8) is 0 Å². The molecule has 0 fully saturated rings. The second-order valence-corrected chi connectivity index (χ2v) is 25.7. The molecule has 0 amide bonds. The van der Waals surface area contributed by atoms with E-state index >= 15 is 0 Å². The van der Waals surface area contributed by atoms with Crippen LogP contribution in [-0.2, 0) is 44.3 Å². The van der Waals surface area contributed by atoms with Crippen molar-refractivity contribution in [1.82, 2.24) is 19.9 Å². The van der Waals surface area contributed by atoms with Gasteiger partial charge in [0.1, 0.15) is 16.7 Å². The number of carboxylic acid groups (broad SMARTS) is 1. The molecule has 6 aromatic rings. The highest BCUT2D eigenvalue weighted by Gasteiger charge is 2.30. The van der Waals surface area contributed by atoms with E-state index in [4.69, 9.17) is 31.4 Å². The number of carbonyl (C=O) groups excluding carboxylic acids is 1. The molecule has 0 saturated heterocycles. The van der Waals surface area contributed by atoms with Crippen LogP contribution in [0.5, 0.6) is 0 Å². The Labute approximate surface area is 390 Å². The molecular weight excluding hydrogens is 941 g/mol. The van der Waals surface area contributed by atoms with Crippen LogP contribution in [0.15, 0.2) is 119 Å². The number of aromatic carboxylic acids is 1. The van der Waals surface area contributed by atoms with E-state index in [0.717, 1.165) is 22.3 Å². The summed E-state index contributed by atoms with van der Waals surface area (Å²) in [6.45, 7) is 7.21. The van der Waals surface area contributed by atoms with Crippen LogP contribution in [-0.4, -0.2) is 91.2 Å². The Morgan fingerprint density at radius 1 is 0.597 bits per heavy atom. The van der Waals surface area contributed by atoms with Gasteiger partial charge in [-0.3, -0.25) is 13.9 Å². The number of nitrogens with zero attached hydrogens (tertiary/aromatic N) is 4. The summed E-state index contributed by atoms with van der Waals surface area (Å²) in [6.07, 6.45) is 3.27. The Morgan fingerprint density at radius 3 is 1.34 bits per heavy atom. The number of nitrogen functional groups attached to an aromatic ring is 3. The molecule has 0 spiro atoms. The summed E-state index contributed by atoms with van der Waals surface area (Å²) in [5.74, 6) is -1.55. The maximum absolute atomic E-state index is 12.9. The monoisotopic (exact) mass is 993 g/mol. The molecule has 22 heteroatoms. The van der Waals surface area contributed by atoms with Crippen LogP contribution >= 0.6 is 14.7 Å². The van der Waals surface area contributed by atoms with Gasteiger partial charge in [-0.1, -0.05) is 85.6 Å². The highest BCUT2D eigenvalue weighted by atomic mass is 32.2. The molecule has 2 atom stereocenters. The zero-order valence-electron chi connectivity index (χ0n) is 37.7. The first-order valence-corrected chi connectivity index (χ1v) is 27.6. The van der Waals surface area contributed by atoms with E-state index in [-0.39, 0.29) is 57.3 Å². The third-order valence-corrected chi connectivity index (χ3v) is 21.1. The lowest BCUT2D eigenvalue weighted by Gasteiger charge is -2.14. The van der Waals surface area contributed by atoms with Crippen LogP contribution in [0.1, 0.15) is 51.5 Å². The molecule has 67 heavy (non-hydrogen) atoms. The molecule has 0 bridgehead atoms. The van der Waals surface area contributed by atoms with Crippen LogP contribution < -0.4 is 17.2 Å². The summed E-state index contributed by atoms with van der Waals surface area (Å²) >= 11 is 0. The standard InChI is InChI=1S/C23H26N3O5PS.C12H11N3O2.C10H16NO4PS/c1-4-32(28,31-3)15-33(29,30)19-11-7-17(8-12-19)13-21(27)22-23(24)25-14-20(26-22)18-9-5-16(2)6-10-18;1-7-2-4-8(5-3-7)9-6-14-11(13)10(15-9)12(16)17;1-3-16(12,15-2)8-17(13,14)10-6-4-9(11)5-7-10/h5-12,14H,4,13,15H2,1-3H3,(H2,24,25);2-6H,1H3,(H2,13,14)(H,16,17);4-7H,3,8,11H2,1-2H3. The van der Waals surface area contributed by atoms with Gasteiger partial charge in [0.2, 0.25) is 14.7 Å². The number of nitrogens with two attached hydrogens (primary N) is 3. The van der Waals surface area contributed by atoms with Gasteiger partial charge in [-0.15, -0.1) is 0 Å². The van der Waals surface area contributed by atoms with E-state index in [1.54, 1.807) is 26.0 Å². The SMILES string of the molecule is CCP(=O)(CS(=O)(=O)c1ccc(CC(=O)c2nc(-c3ccc(C)cc3)cnc2N)cc1)OC.CCP(=O)(CS(=O)(=O)c1ccc(N)cc1)OC.Cc1ccc(-c2cnc(N)c(C(=O)O)n2)cc1. The molecule has 2 unspecified atom stereocenters. The van der Waals surface area contributed by atoms with E-state index in [1.807, 2.05) is 62.4 Å². The Bertz CT molecular complexity index is 3000. The molecule has 2 heterocycles. The van der Waals surface area contributed by atoms with Crippen LogP contribution in [0, 0.1) is 13.8 Å². The number of ketones is 1. The number of Topliss-reactive ketones (excluding diaryl/α,β-unsaturated/α-hetero) is 1. The zero-order valence-corrected chi connectivity index (χ0v) is 41.1. The Hall–Kier alpha value is -6.14. The number of anilines is 3. The van der Waals surface area contributed by atoms with Crippen molar-refractivity contribution in [2.24, 2.45) is 0 Å². The Balaban J connectivity index is 0.000000242. The number of benzene rings is 4. The number of aryl methyl sites for hydroxylation is 2. The average Bonchev–Trinajstić information content (AvgIpc) is 3.30. The smallest absolute Gasteiger partial charge is 0.358 e. The number of carbonyl (C=O) groups is 2. The van der Waals surface area contributed by atoms with E-state index in [1.165, 1.54) is 63.0 Å². The summed E-state index contributed by atoms with van der Waals surface area (Å²) in [4.78, 5) is 40.2. The maximum Gasteiger partial charge on any atom is 0.358 e. The molecule has 0 aliphatic heterocycles. The minimum absolute atomic E-state index is 0.0186. The fraction of sp³-hybridized carbons (Fsp3) is 0.244. The molecular formula is C45H53N7O11P2S2. The minimum atomic E-state index is -3.80. The minimum Gasteiger partial charge on any atom is -0.476 e. The molecule has 356 valence electrons. The van der Waals surface area contributed by atoms with Crippen molar-refractivity contribution in [2.45, 2.75) is 43.9 Å². The second kappa shape index (κ2) is 23.0. The second-order valence-electron chi connectivity index (χ2n) is 14.9. The molecule has 6 rings (SSSR count). The van der Waals surface area contributed by atoms with E-state index < -0.39 is 51.4 Å². The van der Waals surface area contributed by atoms with Gasteiger partial charge in [-0.05, 0) is 55.8 Å². The fourth-order valence-electron chi connectivity index (χ4n) is 5.86. The predicted octanol–water partition coefficient (Wildman–Crippen LogP) is 7.81. The van der Waals surface area contributed by atoms with Gasteiger partial charge in [0.05, 0.1) is 33.6 Å². The highest BCUT2D eigenvalue weighted by molar-refractivity contribution is 7.98. The molecule has 2 aromatic heterocycles. The van der Waals surface area contributed by atoms with Gasteiger partial charge >= 0.3 is 5.97 Å². The van der Waals surface area contributed by atoms with Gasteiger partial charge in [0.15, 0.2) is 42.8 Å². The third kappa shape index (κ3) is 14.9. The lowest BCUT2D eigenvalue weighted by molar-refractivity contribution is 0.0691. The number of rotatable bonds is 16. The van der Waals surface area contributed by atoms with Gasteiger partial charge in [-0.2, -0.15) is 0 Å². The van der Waals surface area contributed by atoms with Crippen molar-refractivity contribution in [2.75, 3.05) is 54.7 Å². The summed E-state index contributed by atoms with van der Waals surface area (Å²) in [7, 11) is -11.2. The van der Waals surface area contributed by atoms with Crippen LogP contribution in [0.2, 0.25) is 0 Å². The van der Waals surface area contributed by atoms with Crippen LogP contribution in [0.25, 0.3) is 22.5 Å². The fourth-order valence-corrected chi connectivity index (χ4v) is 15.1. The molecule has 4 aromatic carbocycles. The normalized spacial score (nSPS) is 13.1. The van der Waals surface area contributed by atoms with Crippen molar-refractivity contribution in [3.8, 4) is 22.5 Å². The van der Waals surface area contributed by atoms with Crippen molar-refractivity contribution in [1.29, 1.82) is 0 Å². The van der Waals surface area contributed by atoms with E-state index in [9.17, 15) is 35.6 Å². The Morgan fingerprint density at radius 2 is 0.970 bits per heavy atom. The molecule has 0 radical (unpaired) electrons. The van der Waals surface area contributed by atoms with Crippen molar-refractivity contribution in [3.05, 3.63) is 138 Å². The highest BCUT2D eigenvalue weighted by Crippen LogP contribution is 2.48. The number of aromatic nitrogens is 4. The first-order valence-electron chi connectivity index (χ1n) is 20.3. The molecule has 0 aliphatic carbocycles. The quantitative estimate of drug-likeness (QED) is 0.0408. The lowest BCUT2D eigenvalue weighted by atomic mass is 10.1. The van der Waals surface area contributed by atoms with Crippen LogP contribution in [0.4, 0.5) is 17.3 Å². The number of carboxylic acids is 1. The predicted molar refractivity (Wildman–Crippen MR) is 260 cm³/mol. The molecule has 0 aliphatic rings. The molecule has 0 saturated carbocycles. The van der Waals surface area contributed by atoms with Gasteiger partial charge in [0.25, 0.3) is 0 Å². The first-order chi connectivity index (χ1) is 31.5. The maximum atomic E-state index is 12.9. The van der Waals surface area contributed by atoms with E-state index in [2.05, 4.69) is 19.9 Å². The topological polar surface area (TPSA) is 305 Å². The Kier molecular flexibility index (Phi) is 18.4. The zero-order chi connectivity index (χ0) is 49.7. The van der Waals surface area contributed by atoms with Crippen molar-refractivity contribution < 1.29 is 49.7 Å². The summed E-state index contributed by atoms with van der Waals surface area (Å²) < 4.78 is 83.3. The van der Waals surface area contributed by atoms with Gasteiger partial charge in [0, 0.05) is 49.8 Å². The third-order valence-electron chi connectivity index (χ3n) is 10.0. The summed E-state index contributed by atoms with van der Waals surface area (Å²) in [5.41, 5.74) is 21.6. The molecule has 18 nitrogen and oxygen atoms in total. The van der Waals surface area contributed by atoms with Gasteiger partial charge < -0.3 is 31.4 Å². The number of sulfone groups is 2.